The van der Waals surface area contributed by atoms with Crippen LogP contribution in [0, 0.1) is 11.8 Å². The summed E-state index contributed by atoms with van der Waals surface area (Å²) in [5, 5.41) is 0. The van der Waals surface area contributed by atoms with Gasteiger partial charge >= 0.3 is 0 Å². The lowest BCUT2D eigenvalue weighted by Gasteiger charge is -2.22. The molecule has 0 aliphatic heterocycles. The first-order valence-electron chi connectivity index (χ1n) is 4.85. The zero-order chi connectivity index (χ0) is 8.27. The van der Waals surface area contributed by atoms with Crippen LogP contribution in [0.25, 0.3) is 0 Å². The van der Waals surface area contributed by atoms with E-state index in [1.165, 1.54) is 32.2 Å². The summed E-state index contributed by atoms with van der Waals surface area (Å²) in [7, 11) is 4.34. The molecule has 0 aromatic heterocycles. The lowest BCUT2D eigenvalue weighted by Crippen LogP contribution is -2.24. The van der Waals surface area contributed by atoms with Crippen molar-refractivity contribution in [3.05, 3.63) is 0 Å². The van der Waals surface area contributed by atoms with Crippen LogP contribution in [0.1, 0.15) is 32.6 Å². The van der Waals surface area contributed by atoms with Gasteiger partial charge in [-0.15, -0.1) is 0 Å². The Labute approximate surface area is 70.8 Å². The fourth-order valence-corrected chi connectivity index (χ4v) is 2.25. The Hall–Kier alpha value is -0.0400. The van der Waals surface area contributed by atoms with Crippen molar-refractivity contribution in [2.45, 2.75) is 32.6 Å². The summed E-state index contributed by atoms with van der Waals surface area (Å²) < 4.78 is 0. The molecule has 0 bridgehead atoms. The molecular formula is C10H21N. The van der Waals surface area contributed by atoms with E-state index in [4.69, 9.17) is 0 Å². The largest absolute Gasteiger partial charge is 0.309 e. The first-order chi connectivity index (χ1) is 5.20. The molecule has 1 aliphatic carbocycles. The summed E-state index contributed by atoms with van der Waals surface area (Å²) in [6.07, 6.45) is 5.91. The second-order valence-electron chi connectivity index (χ2n) is 4.28. The average molecular weight is 155 g/mol. The zero-order valence-electron chi connectivity index (χ0n) is 8.14. The molecule has 0 unspecified atom stereocenters. The van der Waals surface area contributed by atoms with E-state index >= 15 is 0 Å². The molecule has 1 aliphatic rings. The highest BCUT2D eigenvalue weighted by Crippen LogP contribution is 2.31. The van der Waals surface area contributed by atoms with Crippen LogP contribution in [0.3, 0.4) is 0 Å². The Kier molecular flexibility index (Phi) is 3.38. The van der Waals surface area contributed by atoms with Gasteiger partial charge in [0.05, 0.1) is 0 Å². The molecule has 1 nitrogen and oxygen atoms in total. The predicted octanol–water partition coefficient (Wildman–Crippen LogP) is 2.37. The molecule has 0 aromatic carbocycles. The Balaban J connectivity index is 2.22. The van der Waals surface area contributed by atoms with E-state index in [0.717, 1.165) is 11.8 Å². The fraction of sp³-hybridized carbons (Fsp3) is 1.00. The minimum atomic E-state index is 0.910. The van der Waals surface area contributed by atoms with E-state index in [1.54, 1.807) is 0 Å². The Morgan fingerprint density at radius 2 is 1.82 bits per heavy atom. The van der Waals surface area contributed by atoms with E-state index in [2.05, 4.69) is 25.9 Å². The Morgan fingerprint density at radius 3 is 2.27 bits per heavy atom. The van der Waals surface area contributed by atoms with E-state index in [9.17, 15) is 0 Å². The summed E-state index contributed by atoms with van der Waals surface area (Å²) in [6.45, 7) is 3.67. The molecule has 1 atom stereocenters. The van der Waals surface area contributed by atoms with Gasteiger partial charge < -0.3 is 4.90 Å². The predicted molar refractivity (Wildman–Crippen MR) is 49.7 cm³/mol. The molecule has 66 valence electrons. The maximum absolute atomic E-state index is 2.40. The summed E-state index contributed by atoms with van der Waals surface area (Å²) >= 11 is 0. The molecule has 0 N–H and O–H groups in total. The van der Waals surface area contributed by atoms with Gasteiger partial charge in [0.1, 0.15) is 0 Å². The van der Waals surface area contributed by atoms with Crippen molar-refractivity contribution in [3.63, 3.8) is 0 Å². The molecule has 0 heterocycles. The maximum atomic E-state index is 2.40. The van der Waals surface area contributed by atoms with Crippen molar-refractivity contribution in [2.24, 2.45) is 11.8 Å². The molecule has 1 rings (SSSR count). The van der Waals surface area contributed by atoms with E-state index < -0.39 is 0 Å². The summed E-state index contributed by atoms with van der Waals surface area (Å²) in [5.41, 5.74) is 0. The molecule has 0 radical (unpaired) electrons. The quantitative estimate of drug-likeness (QED) is 0.605. The van der Waals surface area contributed by atoms with Crippen molar-refractivity contribution in [2.75, 3.05) is 20.6 Å². The van der Waals surface area contributed by atoms with Crippen molar-refractivity contribution in [1.82, 2.24) is 4.90 Å². The highest BCUT2D eigenvalue weighted by Gasteiger charge is 2.21. The van der Waals surface area contributed by atoms with Gasteiger partial charge in [-0.1, -0.05) is 32.6 Å². The second-order valence-corrected chi connectivity index (χ2v) is 4.28. The van der Waals surface area contributed by atoms with E-state index in [1.807, 2.05) is 0 Å². The third-order valence-corrected chi connectivity index (χ3v) is 2.86. The van der Waals surface area contributed by atoms with Crippen molar-refractivity contribution < 1.29 is 0 Å². The molecule has 0 saturated heterocycles. The Bertz CT molecular complexity index is 103. The zero-order valence-corrected chi connectivity index (χ0v) is 8.14. The van der Waals surface area contributed by atoms with Crippen molar-refractivity contribution in [3.8, 4) is 0 Å². The van der Waals surface area contributed by atoms with Crippen LogP contribution in [-0.2, 0) is 0 Å². The summed E-state index contributed by atoms with van der Waals surface area (Å²) in [5.74, 6) is 1.94. The highest BCUT2D eigenvalue weighted by molar-refractivity contribution is 4.73. The third-order valence-electron chi connectivity index (χ3n) is 2.86. The number of hydrogen-bond acceptors (Lipinski definition) is 1. The van der Waals surface area contributed by atoms with Gasteiger partial charge in [-0.05, 0) is 25.9 Å². The van der Waals surface area contributed by atoms with Crippen molar-refractivity contribution >= 4 is 0 Å². The van der Waals surface area contributed by atoms with Gasteiger partial charge in [0.15, 0.2) is 0 Å². The summed E-state index contributed by atoms with van der Waals surface area (Å²) in [4.78, 5) is 2.31. The molecule has 0 amide bonds. The van der Waals surface area contributed by atoms with E-state index in [0.29, 0.717) is 0 Å². The lowest BCUT2D eigenvalue weighted by atomic mass is 9.92. The number of hydrogen-bond donors (Lipinski definition) is 0. The van der Waals surface area contributed by atoms with Gasteiger partial charge in [-0.2, -0.15) is 0 Å². The van der Waals surface area contributed by atoms with Gasteiger partial charge in [0, 0.05) is 6.54 Å². The first kappa shape index (κ1) is 9.05. The maximum Gasteiger partial charge on any atom is 0.000357 e. The van der Waals surface area contributed by atoms with Gasteiger partial charge in [0.25, 0.3) is 0 Å². The smallest absolute Gasteiger partial charge is 0.000357 e. The molecule has 11 heavy (non-hydrogen) atoms. The van der Waals surface area contributed by atoms with Crippen LogP contribution in [0.4, 0.5) is 0 Å². The molecular weight excluding hydrogens is 134 g/mol. The van der Waals surface area contributed by atoms with Gasteiger partial charge in [-0.3, -0.25) is 0 Å². The standard InChI is InChI=1S/C10H21N/c1-9(8-11(2)3)10-6-4-5-7-10/h9-10H,4-8H2,1-3H3/t9-/m1/s1. The third kappa shape index (κ3) is 2.82. The van der Waals surface area contributed by atoms with Crippen LogP contribution in [0.5, 0.6) is 0 Å². The SMILES string of the molecule is C[C@H](CN(C)C)C1CCCC1. The van der Waals surface area contributed by atoms with Crippen LogP contribution in [0.15, 0.2) is 0 Å². The topological polar surface area (TPSA) is 3.24 Å². The van der Waals surface area contributed by atoms with Crippen molar-refractivity contribution in [1.29, 1.82) is 0 Å². The molecule has 0 aromatic rings. The van der Waals surface area contributed by atoms with E-state index in [-0.39, 0.29) is 0 Å². The van der Waals surface area contributed by atoms with Crippen LogP contribution in [-0.4, -0.2) is 25.5 Å². The number of rotatable bonds is 3. The van der Waals surface area contributed by atoms with Gasteiger partial charge in [0.2, 0.25) is 0 Å². The molecule has 1 fully saturated rings. The number of nitrogens with zero attached hydrogens (tertiary/aromatic N) is 1. The minimum Gasteiger partial charge on any atom is -0.309 e. The average Bonchev–Trinajstić information content (AvgIpc) is 2.35. The minimum absolute atomic E-state index is 0.910. The van der Waals surface area contributed by atoms with Gasteiger partial charge in [-0.25, -0.2) is 0 Å². The Morgan fingerprint density at radius 1 is 1.27 bits per heavy atom. The molecule has 1 saturated carbocycles. The first-order valence-corrected chi connectivity index (χ1v) is 4.85. The van der Waals surface area contributed by atoms with Crippen LogP contribution < -0.4 is 0 Å². The van der Waals surface area contributed by atoms with Crippen LogP contribution >= 0.6 is 0 Å². The molecule has 1 heteroatoms. The second kappa shape index (κ2) is 4.10. The fourth-order valence-electron chi connectivity index (χ4n) is 2.25. The monoisotopic (exact) mass is 155 g/mol. The van der Waals surface area contributed by atoms with Crippen LogP contribution in [0.2, 0.25) is 0 Å². The lowest BCUT2D eigenvalue weighted by molar-refractivity contribution is 0.265. The normalized spacial score (nSPS) is 22.9. The highest BCUT2D eigenvalue weighted by atomic mass is 15.1. The summed E-state index contributed by atoms with van der Waals surface area (Å²) in [6, 6.07) is 0. The molecule has 0 spiro atoms.